The first kappa shape index (κ1) is 15.7. The van der Waals surface area contributed by atoms with Gasteiger partial charge in [-0.05, 0) is 38.0 Å². The van der Waals surface area contributed by atoms with E-state index in [1.165, 1.54) is 6.07 Å². The van der Waals surface area contributed by atoms with Gasteiger partial charge in [-0.2, -0.15) is 0 Å². The number of benzene rings is 1. The van der Waals surface area contributed by atoms with Gasteiger partial charge in [0.1, 0.15) is 0 Å². The smallest absolute Gasteiger partial charge is 0.338 e. The molecule has 20 heavy (non-hydrogen) atoms. The van der Waals surface area contributed by atoms with Gasteiger partial charge in [-0.3, -0.25) is 4.79 Å². The Kier molecular flexibility index (Phi) is 6.22. The third-order valence-electron chi connectivity index (χ3n) is 2.44. The maximum absolute atomic E-state index is 11.6. The molecule has 0 fully saturated rings. The van der Waals surface area contributed by atoms with Crippen LogP contribution in [0.5, 0.6) is 0 Å². The zero-order valence-corrected chi connectivity index (χ0v) is 11.2. The summed E-state index contributed by atoms with van der Waals surface area (Å²) in [6.45, 7) is 1.99. The Labute approximate surface area is 116 Å². The lowest BCUT2D eigenvalue weighted by molar-refractivity contribution is -0.305. The molecule has 0 saturated carbocycles. The van der Waals surface area contributed by atoms with E-state index in [0.717, 1.165) is 0 Å². The fourth-order valence-electron chi connectivity index (χ4n) is 1.56. The van der Waals surface area contributed by atoms with Crippen molar-refractivity contribution in [3.05, 3.63) is 29.8 Å². The van der Waals surface area contributed by atoms with Crippen LogP contribution in [-0.4, -0.2) is 24.5 Å². The van der Waals surface area contributed by atoms with Crippen LogP contribution in [0.25, 0.3) is 0 Å². The number of hydrogen-bond donors (Lipinski definition) is 1. The lowest BCUT2D eigenvalue weighted by Crippen LogP contribution is -2.22. The highest BCUT2D eigenvalue weighted by Crippen LogP contribution is 2.12. The molecule has 0 saturated heterocycles. The van der Waals surface area contributed by atoms with E-state index in [9.17, 15) is 19.5 Å². The van der Waals surface area contributed by atoms with Crippen LogP contribution in [0.1, 0.15) is 36.5 Å². The number of nitrogens with one attached hydrogen (secondary N) is 1. The van der Waals surface area contributed by atoms with Crippen molar-refractivity contribution in [2.24, 2.45) is 0 Å². The highest BCUT2D eigenvalue weighted by atomic mass is 16.5. The summed E-state index contributed by atoms with van der Waals surface area (Å²) < 4.78 is 4.86. The second kappa shape index (κ2) is 7.93. The molecule has 6 heteroatoms. The maximum Gasteiger partial charge on any atom is 0.338 e. The molecule has 0 aliphatic carbocycles. The summed E-state index contributed by atoms with van der Waals surface area (Å²) in [5, 5.41) is 12.8. The average Bonchev–Trinajstić information content (AvgIpc) is 2.38. The Morgan fingerprint density at radius 1 is 1.25 bits per heavy atom. The molecule has 0 heterocycles. The number of hydrogen-bond acceptors (Lipinski definition) is 5. The summed E-state index contributed by atoms with van der Waals surface area (Å²) in [6, 6.07) is 6.36. The van der Waals surface area contributed by atoms with Crippen LogP contribution in [-0.2, 0) is 14.3 Å². The summed E-state index contributed by atoms with van der Waals surface area (Å²) in [6.07, 6.45) is 0.139. The second-order valence-electron chi connectivity index (χ2n) is 4.08. The molecule has 1 N–H and O–H groups in total. The molecule has 0 radical (unpaired) electrons. The Hall–Kier alpha value is -2.37. The van der Waals surface area contributed by atoms with Crippen LogP contribution < -0.4 is 10.4 Å². The average molecular weight is 278 g/mol. The predicted molar refractivity (Wildman–Crippen MR) is 69.9 cm³/mol. The van der Waals surface area contributed by atoms with Gasteiger partial charge < -0.3 is 20.0 Å². The van der Waals surface area contributed by atoms with Crippen molar-refractivity contribution in [3.8, 4) is 0 Å². The number of esters is 1. The van der Waals surface area contributed by atoms with Crippen molar-refractivity contribution in [3.63, 3.8) is 0 Å². The molecular formula is C14H16NO5-. The summed E-state index contributed by atoms with van der Waals surface area (Å²) in [5.41, 5.74) is 0.813. The molecule has 1 aromatic carbocycles. The zero-order chi connectivity index (χ0) is 15.0. The van der Waals surface area contributed by atoms with Crippen LogP contribution >= 0.6 is 0 Å². The molecule has 0 aliphatic heterocycles. The van der Waals surface area contributed by atoms with Crippen molar-refractivity contribution >= 4 is 23.5 Å². The van der Waals surface area contributed by atoms with Crippen molar-refractivity contribution < 1.29 is 24.2 Å². The van der Waals surface area contributed by atoms with E-state index in [2.05, 4.69) is 5.32 Å². The number of ether oxygens (including phenoxy) is 1. The number of aliphatic carboxylic acids is 1. The standard InChI is InChI=1S/C14H17NO5/c1-2-20-14(19)10-5-3-6-11(9-10)15-12(16)7-4-8-13(17)18/h3,5-6,9H,2,4,7-8H2,1H3,(H,15,16)(H,17,18)/p-1. The van der Waals surface area contributed by atoms with Crippen molar-refractivity contribution in [1.29, 1.82) is 0 Å². The number of carboxylic acid groups (broad SMARTS) is 1. The SMILES string of the molecule is CCOC(=O)c1cccc(NC(=O)CCCC(=O)[O-])c1. The van der Waals surface area contributed by atoms with E-state index < -0.39 is 11.9 Å². The lowest BCUT2D eigenvalue weighted by Gasteiger charge is -2.07. The van der Waals surface area contributed by atoms with Gasteiger partial charge in [0.05, 0.1) is 12.2 Å². The highest BCUT2D eigenvalue weighted by Gasteiger charge is 2.08. The van der Waals surface area contributed by atoms with Crippen molar-refractivity contribution in [1.82, 2.24) is 0 Å². The van der Waals surface area contributed by atoms with Gasteiger partial charge in [0.15, 0.2) is 0 Å². The molecule has 1 rings (SSSR count). The molecule has 1 amide bonds. The minimum absolute atomic E-state index is 0.0810. The summed E-state index contributed by atoms with van der Waals surface area (Å²) >= 11 is 0. The van der Waals surface area contributed by atoms with Gasteiger partial charge in [-0.15, -0.1) is 0 Å². The van der Waals surface area contributed by atoms with Gasteiger partial charge >= 0.3 is 5.97 Å². The predicted octanol–water partition coefficient (Wildman–Crippen LogP) is 0.722. The summed E-state index contributed by atoms with van der Waals surface area (Å²) in [4.78, 5) is 33.3. The summed E-state index contributed by atoms with van der Waals surface area (Å²) in [5.74, 6) is -1.95. The van der Waals surface area contributed by atoms with Crippen LogP contribution in [0.3, 0.4) is 0 Å². The van der Waals surface area contributed by atoms with Crippen LogP contribution in [0, 0.1) is 0 Å². The first-order valence-corrected chi connectivity index (χ1v) is 6.29. The molecule has 0 bridgehead atoms. The number of rotatable bonds is 7. The maximum atomic E-state index is 11.6. The van der Waals surface area contributed by atoms with Gasteiger partial charge in [0, 0.05) is 18.1 Å². The van der Waals surface area contributed by atoms with E-state index in [-0.39, 0.29) is 31.8 Å². The molecule has 0 atom stereocenters. The number of carboxylic acids is 1. The third kappa shape index (κ3) is 5.51. The van der Waals surface area contributed by atoms with Crippen molar-refractivity contribution in [2.45, 2.75) is 26.2 Å². The second-order valence-corrected chi connectivity index (χ2v) is 4.08. The Balaban J connectivity index is 2.55. The molecular weight excluding hydrogens is 262 g/mol. The monoisotopic (exact) mass is 278 g/mol. The third-order valence-corrected chi connectivity index (χ3v) is 2.44. The van der Waals surface area contributed by atoms with E-state index in [4.69, 9.17) is 4.74 Å². The van der Waals surface area contributed by atoms with E-state index in [1.54, 1.807) is 25.1 Å². The van der Waals surface area contributed by atoms with Crippen LogP contribution in [0.2, 0.25) is 0 Å². The zero-order valence-electron chi connectivity index (χ0n) is 11.2. The van der Waals surface area contributed by atoms with E-state index in [0.29, 0.717) is 11.3 Å². The molecule has 0 aliphatic rings. The minimum atomic E-state index is -1.18. The first-order chi connectivity index (χ1) is 9.52. The first-order valence-electron chi connectivity index (χ1n) is 6.29. The van der Waals surface area contributed by atoms with Gasteiger partial charge in [0.25, 0.3) is 0 Å². The molecule has 0 unspecified atom stereocenters. The Morgan fingerprint density at radius 3 is 2.65 bits per heavy atom. The molecule has 6 nitrogen and oxygen atoms in total. The quantitative estimate of drug-likeness (QED) is 0.741. The molecule has 1 aromatic rings. The fourth-order valence-corrected chi connectivity index (χ4v) is 1.56. The number of carbonyl (C=O) groups excluding carboxylic acids is 3. The summed E-state index contributed by atoms with van der Waals surface area (Å²) in [7, 11) is 0. The fraction of sp³-hybridized carbons (Fsp3) is 0.357. The molecule has 0 aromatic heterocycles. The number of carbonyl (C=O) groups is 3. The van der Waals surface area contributed by atoms with Crippen LogP contribution in [0.4, 0.5) is 5.69 Å². The molecule has 0 spiro atoms. The lowest BCUT2D eigenvalue weighted by atomic mass is 10.2. The van der Waals surface area contributed by atoms with Gasteiger partial charge in [-0.25, -0.2) is 4.79 Å². The van der Waals surface area contributed by atoms with Gasteiger partial charge in [-0.1, -0.05) is 6.07 Å². The Bertz CT molecular complexity index is 498. The van der Waals surface area contributed by atoms with E-state index >= 15 is 0 Å². The molecule has 108 valence electrons. The van der Waals surface area contributed by atoms with Crippen molar-refractivity contribution in [2.75, 3.05) is 11.9 Å². The number of amides is 1. The Morgan fingerprint density at radius 2 is 2.00 bits per heavy atom. The number of anilines is 1. The van der Waals surface area contributed by atoms with Crippen LogP contribution in [0.15, 0.2) is 24.3 Å². The van der Waals surface area contributed by atoms with Gasteiger partial charge in [0.2, 0.25) is 5.91 Å². The normalized spacial score (nSPS) is 9.85. The topological polar surface area (TPSA) is 95.5 Å². The largest absolute Gasteiger partial charge is 0.550 e. The highest BCUT2D eigenvalue weighted by molar-refractivity contribution is 5.94. The minimum Gasteiger partial charge on any atom is -0.550 e. The van der Waals surface area contributed by atoms with E-state index in [1.807, 2.05) is 0 Å².